The fourth-order valence-corrected chi connectivity index (χ4v) is 3.29. The molecule has 0 saturated carbocycles. The van der Waals surface area contributed by atoms with Crippen molar-refractivity contribution in [3.63, 3.8) is 0 Å². The Kier molecular flexibility index (Phi) is 5.98. The Hall–Kier alpha value is -2.28. The third-order valence-corrected chi connectivity index (χ3v) is 4.64. The molecule has 1 heterocycles. The zero-order valence-electron chi connectivity index (χ0n) is 15.5. The first-order chi connectivity index (χ1) is 12.5. The zero-order chi connectivity index (χ0) is 18.5. The molecule has 0 amide bonds. The van der Waals surface area contributed by atoms with Crippen LogP contribution in [0.2, 0.25) is 0 Å². The van der Waals surface area contributed by atoms with Gasteiger partial charge in [0.1, 0.15) is 5.52 Å². The van der Waals surface area contributed by atoms with Gasteiger partial charge < -0.3 is 14.8 Å². The Labute approximate surface area is 153 Å². The van der Waals surface area contributed by atoms with E-state index in [1.807, 2.05) is 31.1 Å². The van der Waals surface area contributed by atoms with Crippen LogP contribution in [-0.2, 0) is 28.8 Å². The number of esters is 1. The van der Waals surface area contributed by atoms with Crippen LogP contribution in [0, 0.1) is 5.21 Å². The minimum absolute atomic E-state index is 0.180. The van der Waals surface area contributed by atoms with Crippen LogP contribution in [-0.4, -0.2) is 48.2 Å². The molecule has 140 valence electrons. The number of hydrogen-bond donors (Lipinski definition) is 0. The molecule has 0 atom stereocenters. The summed E-state index contributed by atoms with van der Waals surface area (Å²) in [6.07, 6.45) is 5.54. The number of hydrogen-bond acceptors (Lipinski definition) is 6. The van der Waals surface area contributed by atoms with Gasteiger partial charge in [0.15, 0.2) is 5.82 Å². The van der Waals surface area contributed by atoms with Crippen molar-refractivity contribution >= 4 is 17.0 Å². The lowest BCUT2D eigenvalue weighted by Gasteiger charge is -2.09. The van der Waals surface area contributed by atoms with Crippen molar-refractivity contribution in [3.05, 3.63) is 34.3 Å². The first kappa shape index (κ1) is 18.5. The molecule has 0 spiro atoms. The van der Waals surface area contributed by atoms with Gasteiger partial charge in [0.2, 0.25) is 0 Å². The number of rotatable bonds is 8. The number of fused-ring (bicyclic) bond motifs is 2. The van der Waals surface area contributed by atoms with Crippen molar-refractivity contribution in [2.24, 2.45) is 0 Å². The van der Waals surface area contributed by atoms with Gasteiger partial charge in [-0.1, -0.05) is 0 Å². The minimum atomic E-state index is -0.180. The summed E-state index contributed by atoms with van der Waals surface area (Å²) in [5.74, 6) is 0.315. The first-order valence-corrected chi connectivity index (χ1v) is 9.25. The fourth-order valence-electron chi connectivity index (χ4n) is 3.29. The quantitative estimate of drug-likeness (QED) is 0.308. The van der Waals surface area contributed by atoms with Gasteiger partial charge in [0.25, 0.3) is 5.52 Å². The molecule has 0 aliphatic heterocycles. The summed E-state index contributed by atoms with van der Waals surface area (Å²) in [5, 5.41) is 16.2. The maximum Gasteiger partial charge on any atom is 0.305 e. The van der Waals surface area contributed by atoms with Crippen LogP contribution in [0.15, 0.2) is 12.1 Å². The molecule has 1 aromatic carbocycles. The molecule has 2 aromatic rings. The van der Waals surface area contributed by atoms with Crippen molar-refractivity contribution in [1.29, 1.82) is 0 Å². The highest BCUT2D eigenvalue weighted by atomic mass is 16.5. The number of carbonyl (C=O) groups is 1. The summed E-state index contributed by atoms with van der Waals surface area (Å²) < 4.78 is 5.23. The largest absolute Gasteiger partial charge is 0.594 e. The van der Waals surface area contributed by atoms with Gasteiger partial charge in [0.05, 0.1) is 6.61 Å². The second-order valence-corrected chi connectivity index (χ2v) is 7.10. The van der Waals surface area contributed by atoms with E-state index >= 15 is 0 Å². The maximum atomic E-state index is 12.2. The Balaban J connectivity index is 1.51. The number of carbonyl (C=O) groups excluding carboxylic acids is 1. The normalized spacial score (nSPS) is 13.3. The third-order valence-electron chi connectivity index (χ3n) is 4.64. The number of nitrogens with zero attached hydrogens (tertiary/aromatic N) is 4. The topological polar surface area (TPSA) is 82.3 Å². The van der Waals surface area contributed by atoms with Crippen LogP contribution in [0.3, 0.4) is 0 Å². The van der Waals surface area contributed by atoms with Crippen LogP contribution in [0.5, 0.6) is 0 Å². The molecule has 1 aliphatic rings. The number of benzene rings is 1. The van der Waals surface area contributed by atoms with E-state index < -0.39 is 0 Å². The number of aryl methyl sites for hydroxylation is 3. The van der Waals surface area contributed by atoms with Gasteiger partial charge in [0, 0.05) is 24.0 Å². The van der Waals surface area contributed by atoms with E-state index in [1.165, 1.54) is 11.1 Å². The number of ether oxygens (including phenoxy) is 1. The van der Waals surface area contributed by atoms with Crippen LogP contribution >= 0.6 is 0 Å². The molecular formula is C19H26N4O3. The molecule has 0 N–H and O–H groups in total. The van der Waals surface area contributed by atoms with Crippen molar-refractivity contribution < 1.29 is 14.4 Å². The lowest BCUT2D eigenvalue weighted by atomic mass is 10.1. The highest BCUT2D eigenvalue weighted by Gasteiger charge is 2.18. The Morgan fingerprint density at radius 2 is 2.04 bits per heavy atom. The summed E-state index contributed by atoms with van der Waals surface area (Å²) in [5.41, 5.74) is 3.75. The standard InChI is InChI=1S/C19H26N4O3/c1-22(2)10-4-9-19(24)26-11-5-8-18-20-16-12-14-6-3-7-15(14)13-17(16)23(25)21-18/h12-13H,3-11H2,1-2H3. The summed E-state index contributed by atoms with van der Waals surface area (Å²) in [6.45, 7) is 1.19. The maximum absolute atomic E-state index is 12.2. The van der Waals surface area contributed by atoms with E-state index in [0.717, 1.165) is 32.2 Å². The summed E-state index contributed by atoms with van der Waals surface area (Å²) in [6, 6.07) is 3.94. The van der Waals surface area contributed by atoms with Crippen LogP contribution in [0.4, 0.5) is 0 Å². The minimum Gasteiger partial charge on any atom is -0.594 e. The molecule has 26 heavy (non-hydrogen) atoms. The highest BCUT2D eigenvalue weighted by Crippen LogP contribution is 2.25. The van der Waals surface area contributed by atoms with Crippen molar-refractivity contribution in [3.8, 4) is 0 Å². The lowest BCUT2D eigenvalue weighted by molar-refractivity contribution is -0.644. The van der Waals surface area contributed by atoms with Crippen LogP contribution < -0.4 is 4.85 Å². The van der Waals surface area contributed by atoms with E-state index in [1.54, 1.807) is 0 Å². The summed E-state index contributed by atoms with van der Waals surface area (Å²) >= 11 is 0. The number of aromatic nitrogens is 3. The van der Waals surface area contributed by atoms with E-state index in [9.17, 15) is 10.0 Å². The van der Waals surface area contributed by atoms with Gasteiger partial charge in [-0.05, 0) is 74.8 Å². The van der Waals surface area contributed by atoms with Gasteiger partial charge in [-0.15, -0.1) is 0 Å². The third kappa shape index (κ3) is 4.66. The molecule has 1 aliphatic carbocycles. The summed E-state index contributed by atoms with van der Waals surface area (Å²) in [4.78, 5) is 18.9. The monoisotopic (exact) mass is 358 g/mol. The molecule has 0 unspecified atom stereocenters. The Bertz CT molecular complexity index is 792. The molecule has 0 bridgehead atoms. The fraction of sp³-hybridized carbons (Fsp3) is 0.579. The van der Waals surface area contributed by atoms with Crippen LogP contribution in [0.1, 0.15) is 42.6 Å². The first-order valence-electron chi connectivity index (χ1n) is 9.25. The molecule has 0 radical (unpaired) electrons. The average Bonchev–Trinajstić information content (AvgIpc) is 3.04. The Morgan fingerprint density at radius 1 is 1.27 bits per heavy atom. The van der Waals surface area contributed by atoms with Crippen molar-refractivity contribution in [2.75, 3.05) is 27.2 Å². The molecule has 3 rings (SSSR count). The van der Waals surface area contributed by atoms with Crippen molar-refractivity contribution in [2.45, 2.75) is 44.9 Å². The molecule has 0 fully saturated rings. The lowest BCUT2D eigenvalue weighted by Crippen LogP contribution is -2.34. The second-order valence-electron chi connectivity index (χ2n) is 7.10. The summed E-state index contributed by atoms with van der Waals surface area (Å²) in [7, 11) is 3.96. The van der Waals surface area contributed by atoms with E-state index in [4.69, 9.17) is 4.74 Å². The molecule has 1 aromatic heterocycles. The zero-order valence-corrected chi connectivity index (χ0v) is 15.5. The van der Waals surface area contributed by atoms with E-state index in [0.29, 0.717) is 47.6 Å². The predicted octanol–water partition coefficient (Wildman–Crippen LogP) is 1.57. The molecule has 7 nitrogen and oxygen atoms in total. The van der Waals surface area contributed by atoms with Crippen LogP contribution in [0.25, 0.3) is 11.0 Å². The van der Waals surface area contributed by atoms with Crippen molar-refractivity contribution in [1.82, 2.24) is 15.0 Å². The van der Waals surface area contributed by atoms with Gasteiger partial charge >= 0.3 is 5.97 Å². The average molecular weight is 358 g/mol. The Morgan fingerprint density at radius 3 is 2.81 bits per heavy atom. The predicted molar refractivity (Wildman–Crippen MR) is 97.6 cm³/mol. The molecular weight excluding hydrogens is 332 g/mol. The van der Waals surface area contributed by atoms with E-state index in [2.05, 4.69) is 10.1 Å². The van der Waals surface area contributed by atoms with Gasteiger partial charge in [-0.25, -0.2) is 4.98 Å². The molecule has 0 saturated heterocycles. The van der Waals surface area contributed by atoms with Gasteiger partial charge in [-0.3, -0.25) is 4.79 Å². The highest BCUT2D eigenvalue weighted by molar-refractivity contribution is 5.73. The SMILES string of the molecule is CN(C)CCCC(=O)OCCCc1nc2cc3c(cc2[n+]([O-])n1)CCC3. The van der Waals surface area contributed by atoms with Gasteiger partial charge in [-0.2, -0.15) is 0 Å². The smallest absolute Gasteiger partial charge is 0.305 e. The molecule has 7 heteroatoms. The second kappa shape index (κ2) is 8.40. The van der Waals surface area contributed by atoms with E-state index in [-0.39, 0.29) is 5.97 Å².